The molecule has 0 atom stereocenters. The highest BCUT2D eigenvalue weighted by Crippen LogP contribution is 2.45. The predicted octanol–water partition coefficient (Wildman–Crippen LogP) is 10.3. The van der Waals surface area contributed by atoms with Gasteiger partial charge in [0.05, 0.1) is 11.0 Å². The third-order valence-electron chi connectivity index (χ3n) is 11.8. The van der Waals surface area contributed by atoms with Crippen LogP contribution in [-0.2, 0) is 5.41 Å². The van der Waals surface area contributed by atoms with Gasteiger partial charge in [-0.15, -0.1) is 0 Å². The van der Waals surface area contributed by atoms with Crippen molar-refractivity contribution >= 4 is 62.0 Å². The summed E-state index contributed by atoms with van der Waals surface area (Å²) >= 11 is 0. The van der Waals surface area contributed by atoms with Gasteiger partial charge in [0, 0.05) is 38.9 Å². The summed E-state index contributed by atoms with van der Waals surface area (Å²) < 4.78 is 2.43. The molecule has 2 nitrogen and oxygen atoms in total. The molecule has 1 aromatic heterocycles. The zero-order chi connectivity index (χ0) is 33.8. The maximum atomic E-state index is 2.45. The minimum absolute atomic E-state index is 0.0165. The second-order valence-corrected chi connectivity index (χ2v) is 14.4. The van der Waals surface area contributed by atoms with E-state index in [-0.39, 0.29) is 12.1 Å². The van der Waals surface area contributed by atoms with Gasteiger partial charge in [0.25, 0.3) is 0 Å². The van der Waals surface area contributed by atoms with E-state index in [1.165, 1.54) is 104 Å². The van der Waals surface area contributed by atoms with E-state index in [1.807, 2.05) is 0 Å². The average Bonchev–Trinajstić information content (AvgIpc) is 3.55. The van der Waals surface area contributed by atoms with Crippen LogP contribution in [0.25, 0.3) is 27.5 Å². The minimum atomic E-state index is 0.0165. The van der Waals surface area contributed by atoms with Gasteiger partial charge in [-0.1, -0.05) is 152 Å². The van der Waals surface area contributed by atoms with Crippen LogP contribution in [0.5, 0.6) is 0 Å². The lowest BCUT2D eigenvalue weighted by molar-refractivity contribution is 0.346. The van der Waals surface area contributed by atoms with Crippen LogP contribution in [0.4, 0.5) is 17.1 Å². The molecule has 0 spiro atoms. The molecule has 0 bridgehead atoms. The van der Waals surface area contributed by atoms with Crippen molar-refractivity contribution in [2.45, 2.75) is 37.5 Å². The molecular weight excluding hydrogens is 615 g/mol. The summed E-state index contributed by atoms with van der Waals surface area (Å²) in [5, 5.41) is 2.61. The average molecular weight is 655 g/mol. The zero-order valence-corrected chi connectivity index (χ0v) is 28.8. The van der Waals surface area contributed by atoms with E-state index in [1.54, 1.807) is 0 Å². The topological polar surface area (TPSA) is 8.17 Å². The number of aromatic nitrogens is 1. The van der Waals surface area contributed by atoms with Crippen LogP contribution in [0.1, 0.15) is 43.2 Å². The van der Waals surface area contributed by atoms with Gasteiger partial charge in [0.2, 0.25) is 6.71 Å². The Bertz CT molecular complexity index is 2410. The van der Waals surface area contributed by atoms with Crippen molar-refractivity contribution in [3.05, 3.63) is 187 Å². The molecule has 3 heteroatoms. The summed E-state index contributed by atoms with van der Waals surface area (Å²) in [5.41, 5.74) is 14.4. The molecule has 0 saturated heterocycles. The van der Waals surface area contributed by atoms with Gasteiger partial charge in [-0.25, -0.2) is 0 Å². The van der Waals surface area contributed by atoms with E-state index in [0.29, 0.717) is 0 Å². The lowest BCUT2D eigenvalue weighted by Crippen LogP contribution is -2.57. The molecule has 1 saturated carbocycles. The lowest BCUT2D eigenvalue weighted by Gasteiger charge is -2.39. The quantitative estimate of drug-likeness (QED) is 0.168. The van der Waals surface area contributed by atoms with Crippen LogP contribution in [0, 0.1) is 0 Å². The Hall–Kier alpha value is -5.80. The Morgan fingerprint density at radius 3 is 1.49 bits per heavy atom. The Morgan fingerprint density at radius 1 is 0.412 bits per heavy atom. The Balaban J connectivity index is 1.04. The lowest BCUT2D eigenvalue weighted by atomic mass is 9.35. The van der Waals surface area contributed by atoms with E-state index in [4.69, 9.17) is 0 Å². The molecule has 0 amide bonds. The van der Waals surface area contributed by atoms with Gasteiger partial charge in [-0.05, 0) is 83.4 Å². The molecule has 1 aliphatic heterocycles. The van der Waals surface area contributed by atoms with Gasteiger partial charge in [0.15, 0.2) is 0 Å². The molecule has 1 fully saturated rings. The van der Waals surface area contributed by atoms with Gasteiger partial charge < -0.3 is 9.47 Å². The highest BCUT2D eigenvalue weighted by Gasteiger charge is 2.38. The summed E-state index contributed by atoms with van der Waals surface area (Å²) in [5.74, 6) is 0. The third-order valence-corrected chi connectivity index (χ3v) is 11.8. The fourth-order valence-corrected chi connectivity index (χ4v) is 9.41. The van der Waals surface area contributed by atoms with E-state index >= 15 is 0 Å². The highest BCUT2D eigenvalue weighted by atomic mass is 15.1. The first-order chi connectivity index (χ1) is 25.3. The fraction of sp³-hybridized carbons (Fsp3) is 0.125. The van der Waals surface area contributed by atoms with Crippen molar-refractivity contribution < 1.29 is 0 Å². The van der Waals surface area contributed by atoms with Gasteiger partial charge in [-0.2, -0.15) is 0 Å². The van der Waals surface area contributed by atoms with Crippen molar-refractivity contribution in [1.82, 2.24) is 4.57 Å². The first-order valence-electron chi connectivity index (χ1n) is 18.5. The van der Waals surface area contributed by atoms with Gasteiger partial charge in [0.1, 0.15) is 0 Å². The van der Waals surface area contributed by atoms with Crippen molar-refractivity contribution in [3.63, 3.8) is 0 Å². The van der Waals surface area contributed by atoms with E-state index in [2.05, 4.69) is 185 Å². The highest BCUT2D eigenvalue weighted by molar-refractivity contribution is 6.98. The molecule has 244 valence electrons. The van der Waals surface area contributed by atoms with Crippen LogP contribution in [0.2, 0.25) is 0 Å². The summed E-state index contributed by atoms with van der Waals surface area (Å²) in [6.45, 7) is 0.166. The van der Waals surface area contributed by atoms with Crippen molar-refractivity contribution in [2.24, 2.45) is 0 Å². The van der Waals surface area contributed by atoms with E-state index < -0.39 is 0 Å². The molecule has 2 aliphatic rings. The molecule has 8 aromatic rings. The Kier molecular flexibility index (Phi) is 7.20. The Labute approximate surface area is 300 Å². The summed E-state index contributed by atoms with van der Waals surface area (Å²) in [4.78, 5) is 2.43. The summed E-state index contributed by atoms with van der Waals surface area (Å²) in [7, 11) is 0. The molecule has 0 unspecified atom stereocenters. The van der Waals surface area contributed by atoms with E-state index in [9.17, 15) is 0 Å². The summed E-state index contributed by atoms with van der Waals surface area (Å²) in [6, 6.07) is 65.6. The second kappa shape index (κ2) is 12.2. The molecule has 1 aliphatic carbocycles. The second-order valence-electron chi connectivity index (χ2n) is 14.4. The largest absolute Gasteiger partial charge is 0.312 e. The van der Waals surface area contributed by atoms with Crippen LogP contribution >= 0.6 is 0 Å². The van der Waals surface area contributed by atoms with Gasteiger partial charge >= 0.3 is 0 Å². The first-order valence-corrected chi connectivity index (χ1v) is 18.5. The molecule has 0 N–H and O–H groups in total. The van der Waals surface area contributed by atoms with E-state index in [0.717, 1.165) is 0 Å². The third kappa shape index (κ3) is 4.79. The number of fused-ring (bicyclic) bond motifs is 5. The van der Waals surface area contributed by atoms with Gasteiger partial charge in [-0.3, -0.25) is 0 Å². The van der Waals surface area contributed by atoms with Crippen LogP contribution in [0.15, 0.2) is 176 Å². The number of para-hydroxylation sites is 5. The zero-order valence-electron chi connectivity index (χ0n) is 28.8. The SMILES string of the molecule is c1ccc(N2c3ccccc3B(c3ccc(C4(c5ccc(-n6c7ccccc7c7ccccc76)cc5)CCCCC4)cc3)c3ccccc32)cc1. The van der Waals surface area contributed by atoms with Crippen molar-refractivity contribution in [3.8, 4) is 5.69 Å². The fourth-order valence-electron chi connectivity index (χ4n) is 9.41. The monoisotopic (exact) mass is 654 g/mol. The molecular formula is C48H39BN2. The molecule has 51 heavy (non-hydrogen) atoms. The standard InChI is InChI=1S/C48H39BN2/c1-3-15-38(16-4-1)51-46-23-11-7-19-42(46)49(43-20-8-12-24-47(43)51)37-29-25-35(26-30-37)48(33-13-2-14-34-48)36-27-31-39(32-28-36)50-44-21-9-5-17-40(44)41-18-6-10-22-45(41)50/h1,3-12,15-32H,2,13-14,33-34H2. The molecule has 7 aromatic carbocycles. The number of benzene rings is 7. The van der Waals surface area contributed by atoms with Crippen molar-refractivity contribution in [2.75, 3.05) is 4.90 Å². The minimum Gasteiger partial charge on any atom is -0.312 e. The maximum Gasteiger partial charge on any atom is 0.246 e. The molecule has 2 heterocycles. The smallest absolute Gasteiger partial charge is 0.246 e. The first kappa shape index (κ1) is 30.1. The van der Waals surface area contributed by atoms with Crippen LogP contribution in [0.3, 0.4) is 0 Å². The van der Waals surface area contributed by atoms with Crippen molar-refractivity contribution in [1.29, 1.82) is 0 Å². The summed E-state index contributed by atoms with van der Waals surface area (Å²) in [6.07, 6.45) is 6.20. The molecule has 10 rings (SSSR count). The predicted molar refractivity (Wildman–Crippen MR) is 217 cm³/mol. The van der Waals surface area contributed by atoms with Crippen LogP contribution in [-0.4, -0.2) is 11.3 Å². The normalized spacial score (nSPS) is 15.1. The Morgan fingerprint density at radius 2 is 0.902 bits per heavy atom. The number of anilines is 3. The number of nitrogens with zero attached hydrogens (tertiary/aromatic N) is 2. The van der Waals surface area contributed by atoms with Crippen LogP contribution < -0.4 is 21.3 Å². The molecule has 0 radical (unpaired) electrons. The number of hydrogen-bond donors (Lipinski definition) is 0. The number of hydrogen-bond acceptors (Lipinski definition) is 1. The number of rotatable bonds is 5. The maximum absolute atomic E-state index is 2.45.